The van der Waals surface area contributed by atoms with Gasteiger partial charge in [0.15, 0.2) is 12.1 Å². The minimum absolute atomic E-state index is 0.0879. The summed E-state index contributed by atoms with van der Waals surface area (Å²) in [5.41, 5.74) is 0.415. The smallest absolute Gasteiger partial charge is 0.276 e. The lowest BCUT2D eigenvalue weighted by molar-refractivity contribution is 0.0613. The number of nitrogens with one attached hydrogen (secondary N) is 1. The third-order valence-corrected chi connectivity index (χ3v) is 3.83. The van der Waals surface area contributed by atoms with Crippen molar-refractivity contribution in [2.24, 2.45) is 7.05 Å². The molecular weight excluding hydrogens is 270 g/mol. The Morgan fingerprint density at radius 1 is 1.52 bits per heavy atom. The molecule has 112 valence electrons. The summed E-state index contributed by atoms with van der Waals surface area (Å²) < 4.78 is 7.23. The van der Waals surface area contributed by atoms with Gasteiger partial charge in [-0.3, -0.25) is 4.79 Å². The van der Waals surface area contributed by atoms with Gasteiger partial charge in [0.1, 0.15) is 17.6 Å². The van der Waals surface area contributed by atoms with Crippen LogP contribution in [0.3, 0.4) is 0 Å². The second-order valence-corrected chi connectivity index (χ2v) is 5.09. The topological polar surface area (TPSA) is 76.2 Å². The Hall–Kier alpha value is -2.15. The van der Waals surface area contributed by atoms with Crippen LogP contribution in [-0.2, 0) is 13.5 Å². The average Bonchev–Trinajstić information content (AvgIpc) is 3.14. The SMILES string of the molecule is CCc1ocnc1C(=O)N1CCNCC1c1nccn1C. The first kappa shape index (κ1) is 13.8. The Kier molecular flexibility index (Phi) is 3.74. The minimum atomic E-state index is -0.0901. The molecule has 3 rings (SSSR count). The van der Waals surface area contributed by atoms with Crippen LogP contribution in [0.15, 0.2) is 23.2 Å². The number of amides is 1. The van der Waals surface area contributed by atoms with Crippen molar-refractivity contribution in [2.45, 2.75) is 19.4 Å². The standard InChI is InChI=1S/C14H19N5O2/c1-3-11-12(17-9-21-11)14(20)19-7-4-15-8-10(19)13-16-5-6-18(13)2/h5-6,9-10,15H,3-4,7-8H2,1-2H3. The summed E-state index contributed by atoms with van der Waals surface area (Å²) in [5.74, 6) is 1.42. The molecule has 0 saturated carbocycles. The van der Waals surface area contributed by atoms with E-state index >= 15 is 0 Å². The van der Waals surface area contributed by atoms with Crippen LogP contribution in [0.5, 0.6) is 0 Å². The number of rotatable bonds is 3. The number of hydrogen-bond donors (Lipinski definition) is 1. The molecule has 0 radical (unpaired) electrons. The van der Waals surface area contributed by atoms with E-state index in [0.717, 1.165) is 12.4 Å². The van der Waals surface area contributed by atoms with Gasteiger partial charge < -0.3 is 19.2 Å². The van der Waals surface area contributed by atoms with Gasteiger partial charge in [-0.2, -0.15) is 0 Å². The van der Waals surface area contributed by atoms with Crippen LogP contribution in [0.2, 0.25) is 0 Å². The summed E-state index contributed by atoms with van der Waals surface area (Å²) >= 11 is 0. The quantitative estimate of drug-likeness (QED) is 0.902. The van der Waals surface area contributed by atoms with E-state index in [4.69, 9.17) is 4.42 Å². The number of nitrogens with zero attached hydrogens (tertiary/aromatic N) is 4. The Morgan fingerprint density at radius 3 is 3.10 bits per heavy atom. The van der Waals surface area contributed by atoms with Crippen molar-refractivity contribution in [1.82, 2.24) is 24.8 Å². The van der Waals surface area contributed by atoms with E-state index in [1.165, 1.54) is 6.39 Å². The van der Waals surface area contributed by atoms with Gasteiger partial charge in [-0.1, -0.05) is 6.92 Å². The van der Waals surface area contributed by atoms with Gasteiger partial charge >= 0.3 is 0 Å². The maximum Gasteiger partial charge on any atom is 0.276 e. The molecule has 1 atom stereocenters. The molecule has 0 aliphatic carbocycles. The summed E-state index contributed by atoms with van der Waals surface area (Å²) in [6.45, 7) is 4.04. The molecule has 2 aromatic rings. The summed E-state index contributed by atoms with van der Waals surface area (Å²) in [6, 6.07) is -0.0901. The molecule has 1 fully saturated rings. The van der Waals surface area contributed by atoms with Gasteiger partial charge in [-0.05, 0) is 0 Å². The number of carbonyl (C=O) groups is 1. The molecule has 7 heteroatoms. The number of aromatic nitrogens is 3. The number of hydrogen-bond acceptors (Lipinski definition) is 5. The van der Waals surface area contributed by atoms with E-state index in [2.05, 4.69) is 15.3 Å². The number of oxazole rings is 1. The molecule has 3 heterocycles. The van der Waals surface area contributed by atoms with E-state index in [0.29, 0.717) is 31.0 Å². The average molecular weight is 289 g/mol. The highest BCUT2D eigenvalue weighted by molar-refractivity contribution is 5.93. The van der Waals surface area contributed by atoms with Crippen molar-refractivity contribution in [3.8, 4) is 0 Å². The molecule has 1 unspecified atom stereocenters. The Morgan fingerprint density at radius 2 is 2.38 bits per heavy atom. The van der Waals surface area contributed by atoms with Gasteiger partial charge in [0.25, 0.3) is 5.91 Å². The highest BCUT2D eigenvalue weighted by atomic mass is 16.3. The maximum atomic E-state index is 12.8. The largest absolute Gasteiger partial charge is 0.448 e. The lowest BCUT2D eigenvalue weighted by Crippen LogP contribution is -2.49. The number of carbonyl (C=O) groups excluding carboxylic acids is 1. The number of imidazole rings is 1. The first-order valence-electron chi connectivity index (χ1n) is 7.13. The van der Waals surface area contributed by atoms with E-state index in [-0.39, 0.29) is 11.9 Å². The monoisotopic (exact) mass is 289 g/mol. The van der Waals surface area contributed by atoms with E-state index in [9.17, 15) is 4.79 Å². The first-order chi connectivity index (χ1) is 10.2. The summed E-state index contributed by atoms with van der Waals surface area (Å²) in [6.07, 6.45) is 5.63. The first-order valence-corrected chi connectivity index (χ1v) is 7.13. The van der Waals surface area contributed by atoms with Gasteiger partial charge in [0, 0.05) is 45.5 Å². The minimum Gasteiger partial charge on any atom is -0.448 e. The van der Waals surface area contributed by atoms with Crippen LogP contribution in [-0.4, -0.2) is 45.0 Å². The van der Waals surface area contributed by atoms with Crippen LogP contribution in [0.25, 0.3) is 0 Å². The molecule has 0 spiro atoms. The molecule has 1 aliphatic heterocycles. The highest BCUT2D eigenvalue weighted by Gasteiger charge is 2.33. The Bertz CT molecular complexity index is 633. The fourth-order valence-corrected chi connectivity index (χ4v) is 2.71. The predicted octanol–water partition coefficient (Wildman–Crippen LogP) is 0.757. The molecular formula is C14H19N5O2. The Balaban J connectivity index is 1.91. The molecule has 2 aromatic heterocycles. The van der Waals surface area contributed by atoms with E-state index in [1.54, 1.807) is 6.20 Å². The molecule has 1 saturated heterocycles. The molecule has 0 bridgehead atoms. The third kappa shape index (κ3) is 2.44. The summed E-state index contributed by atoms with van der Waals surface area (Å²) in [4.78, 5) is 23.1. The Labute approximate surface area is 123 Å². The van der Waals surface area contributed by atoms with Crippen molar-refractivity contribution in [3.63, 3.8) is 0 Å². The highest BCUT2D eigenvalue weighted by Crippen LogP contribution is 2.23. The van der Waals surface area contributed by atoms with Gasteiger partial charge in [-0.25, -0.2) is 9.97 Å². The van der Waals surface area contributed by atoms with E-state index < -0.39 is 0 Å². The molecule has 0 aromatic carbocycles. The zero-order valence-corrected chi connectivity index (χ0v) is 12.2. The predicted molar refractivity (Wildman–Crippen MR) is 75.7 cm³/mol. The fourth-order valence-electron chi connectivity index (χ4n) is 2.71. The second-order valence-electron chi connectivity index (χ2n) is 5.09. The van der Waals surface area contributed by atoms with Crippen LogP contribution in [0, 0.1) is 0 Å². The lowest BCUT2D eigenvalue weighted by Gasteiger charge is -2.35. The normalized spacial score (nSPS) is 19.0. The van der Waals surface area contributed by atoms with Crippen molar-refractivity contribution >= 4 is 5.91 Å². The molecule has 1 N–H and O–H groups in total. The van der Waals surface area contributed by atoms with Crippen LogP contribution < -0.4 is 5.32 Å². The number of piperazine rings is 1. The zero-order chi connectivity index (χ0) is 14.8. The molecule has 7 nitrogen and oxygen atoms in total. The van der Waals surface area contributed by atoms with Crippen LogP contribution >= 0.6 is 0 Å². The molecule has 1 amide bonds. The summed E-state index contributed by atoms with van der Waals surface area (Å²) in [5, 5.41) is 3.32. The van der Waals surface area contributed by atoms with Crippen LogP contribution in [0.1, 0.15) is 35.0 Å². The fraction of sp³-hybridized carbons (Fsp3) is 0.500. The maximum absolute atomic E-state index is 12.8. The van der Waals surface area contributed by atoms with Crippen molar-refractivity contribution in [1.29, 1.82) is 0 Å². The third-order valence-electron chi connectivity index (χ3n) is 3.83. The molecule has 21 heavy (non-hydrogen) atoms. The van der Waals surface area contributed by atoms with Gasteiger partial charge in [-0.15, -0.1) is 0 Å². The van der Waals surface area contributed by atoms with Gasteiger partial charge in [0.2, 0.25) is 0 Å². The second kappa shape index (κ2) is 5.69. The van der Waals surface area contributed by atoms with E-state index in [1.807, 2.05) is 29.6 Å². The zero-order valence-electron chi connectivity index (χ0n) is 12.2. The van der Waals surface area contributed by atoms with Crippen molar-refractivity contribution in [3.05, 3.63) is 36.1 Å². The van der Waals surface area contributed by atoms with Crippen LogP contribution in [0.4, 0.5) is 0 Å². The van der Waals surface area contributed by atoms with Crippen molar-refractivity contribution < 1.29 is 9.21 Å². The van der Waals surface area contributed by atoms with Crippen molar-refractivity contribution in [2.75, 3.05) is 19.6 Å². The molecule has 1 aliphatic rings. The number of aryl methyl sites for hydroxylation is 2. The lowest BCUT2D eigenvalue weighted by atomic mass is 10.1. The summed E-state index contributed by atoms with van der Waals surface area (Å²) in [7, 11) is 1.94. The van der Waals surface area contributed by atoms with Gasteiger partial charge in [0.05, 0.1) is 0 Å².